The molecule has 0 fully saturated rings. The van der Waals surface area contributed by atoms with Crippen molar-refractivity contribution in [3.05, 3.63) is 33.6 Å². The molecule has 138 valence electrons. The summed E-state index contributed by atoms with van der Waals surface area (Å²) in [6.07, 6.45) is 0.988. The highest BCUT2D eigenvalue weighted by Crippen LogP contribution is 2.33. The third-order valence-electron chi connectivity index (χ3n) is 3.57. The van der Waals surface area contributed by atoms with E-state index in [1.54, 1.807) is 11.3 Å². The number of benzene rings is 1. The molecule has 1 aromatic carbocycles. The summed E-state index contributed by atoms with van der Waals surface area (Å²) in [4.78, 5) is 7.83. The van der Waals surface area contributed by atoms with E-state index in [1.807, 2.05) is 38.4 Å². The molecule has 0 unspecified atom stereocenters. The Balaban J connectivity index is 1.88. The summed E-state index contributed by atoms with van der Waals surface area (Å²) in [7, 11) is 4.06. The van der Waals surface area contributed by atoms with Gasteiger partial charge in [0.1, 0.15) is 12.4 Å². The van der Waals surface area contributed by atoms with Crippen molar-refractivity contribution in [3.63, 3.8) is 0 Å². The minimum Gasteiger partial charge on any atom is -0.491 e. The van der Waals surface area contributed by atoms with E-state index in [2.05, 4.69) is 23.7 Å². The molecule has 0 bridgehead atoms. The second-order valence-electron chi connectivity index (χ2n) is 6.63. The van der Waals surface area contributed by atoms with Crippen LogP contribution in [0.1, 0.15) is 18.7 Å². The van der Waals surface area contributed by atoms with Crippen molar-refractivity contribution < 1.29 is 9.47 Å². The van der Waals surface area contributed by atoms with Crippen molar-refractivity contribution in [2.45, 2.75) is 20.3 Å². The summed E-state index contributed by atoms with van der Waals surface area (Å²) in [5.41, 5.74) is 2.07. The van der Waals surface area contributed by atoms with Gasteiger partial charge in [-0.25, -0.2) is 4.98 Å². The van der Waals surface area contributed by atoms with Crippen LogP contribution in [-0.2, 0) is 11.2 Å². The van der Waals surface area contributed by atoms with Crippen LogP contribution >= 0.6 is 22.9 Å². The molecule has 0 aliphatic carbocycles. The fourth-order valence-corrected chi connectivity index (χ4v) is 3.72. The number of likely N-dealkylation sites (N-methyl/N-ethyl adjacent to an activating group) is 1. The van der Waals surface area contributed by atoms with Crippen molar-refractivity contribution in [3.8, 4) is 17.0 Å². The zero-order valence-corrected chi connectivity index (χ0v) is 17.0. The fourth-order valence-electron chi connectivity index (χ4n) is 2.33. The number of thiazole rings is 1. The van der Waals surface area contributed by atoms with Gasteiger partial charge in [-0.05, 0) is 50.7 Å². The Bertz CT molecular complexity index is 641. The predicted octanol–water partition coefficient (Wildman–Crippen LogP) is 4.62. The van der Waals surface area contributed by atoms with E-state index in [0.717, 1.165) is 36.6 Å². The molecule has 0 amide bonds. The minimum absolute atomic E-state index is 0.550. The number of ether oxygens (including phenoxy) is 2. The summed E-state index contributed by atoms with van der Waals surface area (Å²) in [6, 6.07) is 8.03. The molecule has 0 N–H and O–H groups in total. The first-order valence-electron chi connectivity index (χ1n) is 8.56. The van der Waals surface area contributed by atoms with Gasteiger partial charge in [-0.15, -0.1) is 11.3 Å². The van der Waals surface area contributed by atoms with Gasteiger partial charge in [0.05, 0.1) is 18.9 Å². The predicted molar refractivity (Wildman–Crippen MR) is 106 cm³/mol. The van der Waals surface area contributed by atoms with Gasteiger partial charge in [-0.2, -0.15) is 0 Å². The smallest absolute Gasteiger partial charge is 0.184 e. The standard InChI is InChI=1S/C19H27ClN2O2S/c1-14(2)13-17-18(21-19(20)25-17)15-5-7-16(8-6-15)24-12-11-23-10-9-22(3)4/h5-8,14H,9-13H2,1-4H3. The van der Waals surface area contributed by atoms with Crippen LogP contribution in [0.4, 0.5) is 0 Å². The summed E-state index contributed by atoms with van der Waals surface area (Å²) in [6.45, 7) is 7.19. The quantitative estimate of drug-likeness (QED) is 0.561. The minimum atomic E-state index is 0.550. The molecule has 25 heavy (non-hydrogen) atoms. The van der Waals surface area contributed by atoms with Gasteiger partial charge in [-0.3, -0.25) is 0 Å². The molecule has 0 atom stereocenters. The van der Waals surface area contributed by atoms with Crippen LogP contribution in [0.2, 0.25) is 4.47 Å². The molecule has 0 spiro atoms. The van der Waals surface area contributed by atoms with Gasteiger partial charge >= 0.3 is 0 Å². The van der Waals surface area contributed by atoms with E-state index in [1.165, 1.54) is 4.88 Å². The molecule has 0 saturated heterocycles. The number of aromatic nitrogens is 1. The number of rotatable bonds is 10. The van der Waals surface area contributed by atoms with Gasteiger partial charge < -0.3 is 14.4 Å². The van der Waals surface area contributed by atoms with Gasteiger partial charge in [0.25, 0.3) is 0 Å². The lowest BCUT2D eigenvalue weighted by atomic mass is 10.0. The Kier molecular flexibility index (Phi) is 8.16. The first-order valence-corrected chi connectivity index (χ1v) is 9.76. The SMILES string of the molecule is CC(C)Cc1sc(Cl)nc1-c1ccc(OCCOCCN(C)C)cc1. The number of hydrogen-bond donors (Lipinski definition) is 0. The molecule has 2 aromatic rings. The highest BCUT2D eigenvalue weighted by Gasteiger charge is 2.13. The average Bonchev–Trinajstić information content (AvgIpc) is 2.90. The number of hydrogen-bond acceptors (Lipinski definition) is 5. The molecule has 0 aliphatic rings. The van der Waals surface area contributed by atoms with E-state index in [4.69, 9.17) is 21.1 Å². The van der Waals surface area contributed by atoms with Crippen molar-refractivity contribution in [1.82, 2.24) is 9.88 Å². The van der Waals surface area contributed by atoms with E-state index in [-0.39, 0.29) is 0 Å². The fraction of sp³-hybridized carbons (Fsp3) is 0.526. The molecule has 6 heteroatoms. The lowest BCUT2D eigenvalue weighted by Crippen LogP contribution is -2.19. The molecule has 1 heterocycles. The summed E-state index contributed by atoms with van der Waals surface area (Å²) in [5, 5.41) is 0. The van der Waals surface area contributed by atoms with Crippen molar-refractivity contribution in [2.75, 3.05) is 40.5 Å². The van der Waals surface area contributed by atoms with Crippen LogP contribution in [0.3, 0.4) is 0 Å². The van der Waals surface area contributed by atoms with Crippen LogP contribution in [0, 0.1) is 5.92 Å². The molecular formula is C19H27ClN2O2S. The van der Waals surface area contributed by atoms with Crippen LogP contribution < -0.4 is 4.74 Å². The maximum atomic E-state index is 6.13. The van der Waals surface area contributed by atoms with Crippen molar-refractivity contribution in [1.29, 1.82) is 0 Å². The Labute approximate surface area is 159 Å². The molecule has 0 saturated carbocycles. The largest absolute Gasteiger partial charge is 0.491 e. The summed E-state index contributed by atoms with van der Waals surface area (Å²) < 4.78 is 11.8. The Morgan fingerprint density at radius 3 is 2.48 bits per heavy atom. The summed E-state index contributed by atoms with van der Waals surface area (Å²) in [5.74, 6) is 1.41. The first kappa shape index (κ1) is 20.2. The zero-order chi connectivity index (χ0) is 18.2. The maximum Gasteiger partial charge on any atom is 0.184 e. The van der Waals surface area contributed by atoms with Gasteiger partial charge in [0, 0.05) is 17.0 Å². The number of nitrogens with zero attached hydrogens (tertiary/aromatic N) is 2. The normalized spacial score (nSPS) is 11.5. The Morgan fingerprint density at radius 1 is 1.12 bits per heavy atom. The second-order valence-corrected chi connectivity index (χ2v) is 8.29. The highest BCUT2D eigenvalue weighted by molar-refractivity contribution is 7.16. The maximum absolute atomic E-state index is 6.13. The third-order valence-corrected chi connectivity index (χ3v) is 4.75. The van der Waals surface area contributed by atoms with Crippen LogP contribution in [0.5, 0.6) is 5.75 Å². The zero-order valence-electron chi connectivity index (χ0n) is 15.4. The lowest BCUT2D eigenvalue weighted by molar-refractivity contribution is 0.0890. The van der Waals surface area contributed by atoms with E-state index in [9.17, 15) is 0 Å². The molecule has 2 rings (SSSR count). The molecule has 4 nitrogen and oxygen atoms in total. The Morgan fingerprint density at radius 2 is 1.84 bits per heavy atom. The van der Waals surface area contributed by atoms with E-state index < -0.39 is 0 Å². The lowest BCUT2D eigenvalue weighted by Gasteiger charge is -2.11. The summed E-state index contributed by atoms with van der Waals surface area (Å²) >= 11 is 7.69. The van der Waals surface area contributed by atoms with Gasteiger partial charge in [0.2, 0.25) is 0 Å². The number of halogens is 1. The van der Waals surface area contributed by atoms with Crippen molar-refractivity contribution >= 4 is 22.9 Å². The van der Waals surface area contributed by atoms with Gasteiger partial charge in [0.15, 0.2) is 4.47 Å². The first-order chi connectivity index (χ1) is 12.0. The van der Waals surface area contributed by atoms with Gasteiger partial charge in [-0.1, -0.05) is 25.4 Å². The molecule has 0 radical (unpaired) electrons. The van der Waals surface area contributed by atoms with Crippen LogP contribution in [-0.4, -0.2) is 50.3 Å². The van der Waals surface area contributed by atoms with Crippen LogP contribution in [0.15, 0.2) is 24.3 Å². The molecule has 0 aliphatic heterocycles. The highest BCUT2D eigenvalue weighted by atomic mass is 35.5. The average molecular weight is 383 g/mol. The van der Waals surface area contributed by atoms with Crippen LogP contribution in [0.25, 0.3) is 11.3 Å². The van der Waals surface area contributed by atoms with Crippen molar-refractivity contribution in [2.24, 2.45) is 5.92 Å². The van der Waals surface area contributed by atoms with E-state index in [0.29, 0.717) is 23.6 Å². The molecule has 1 aromatic heterocycles. The third kappa shape index (κ3) is 6.94. The van der Waals surface area contributed by atoms with E-state index >= 15 is 0 Å². The topological polar surface area (TPSA) is 34.6 Å². The second kappa shape index (κ2) is 10.1. The Hall–Kier alpha value is -1.14. The monoisotopic (exact) mass is 382 g/mol. The molecular weight excluding hydrogens is 356 g/mol.